The summed E-state index contributed by atoms with van der Waals surface area (Å²) in [4.78, 5) is 0. The minimum Gasteiger partial charge on any atom is -1.00 e. The molecule has 1 atom stereocenters. The van der Waals surface area contributed by atoms with Crippen LogP contribution in [-0.4, -0.2) is 54.6 Å². The first-order valence-electron chi connectivity index (χ1n) is 11.2. The Morgan fingerprint density at radius 1 is 0.500 bits per heavy atom. The van der Waals surface area contributed by atoms with Crippen LogP contribution in [0.1, 0.15) is 103 Å². The molecule has 160 valence electrons. The molecule has 0 heterocycles. The summed E-state index contributed by atoms with van der Waals surface area (Å²) in [6.07, 6.45) is 20.4. The lowest BCUT2D eigenvalue weighted by molar-refractivity contribution is -0.910. The van der Waals surface area contributed by atoms with E-state index in [1.165, 1.54) is 89.9 Å². The van der Waals surface area contributed by atoms with E-state index in [1.54, 1.807) is 0 Å². The Labute approximate surface area is 170 Å². The normalized spacial score (nSPS) is 13.4. The molecule has 0 bridgehead atoms. The molecule has 0 aliphatic carbocycles. The first-order chi connectivity index (χ1) is 12.2. The standard InChI is InChI=1S/C22H48NO2.ClH/c1-3-4-5-6-7-8-9-10-11-12-13-14-15-16-18-23(2,20-22-25)19-17-21-24;/h24-25H,3-22H2,1-2H3;1H/q+1;/p-1. The van der Waals surface area contributed by atoms with Crippen LogP contribution in [0.3, 0.4) is 0 Å². The van der Waals surface area contributed by atoms with E-state index >= 15 is 0 Å². The number of aliphatic hydroxyl groups is 2. The number of hydrogen-bond acceptors (Lipinski definition) is 2. The van der Waals surface area contributed by atoms with Gasteiger partial charge in [-0.1, -0.05) is 84.0 Å². The number of rotatable bonds is 20. The van der Waals surface area contributed by atoms with Gasteiger partial charge in [-0.05, 0) is 12.8 Å². The highest BCUT2D eigenvalue weighted by molar-refractivity contribution is 4.50. The Bertz CT molecular complexity index is 267. The van der Waals surface area contributed by atoms with Crippen LogP contribution in [0.15, 0.2) is 0 Å². The van der Waals surface area contributed by atoms with Gasteiger partial charge >= 0.3 is 0 Å². The van der Waals surface area contributed by atoms with Crippen LogP contribution in [0.25, 0.3) is 0 Å². The maximum absolute atomic E-state index is 9.24. The first-order valence-corrected chi connectivity index (χ1v) is 11.2. The Hall–Kier alpha value is 0.170. The van der Waals surface area contributed by atoms with Crippen LogP contribution >= 0.6 is 0 Å². The topological polar surface area (TPSA) is 40.5 Å². The average Bonchev–Trinajstić information content (AvgIpc) is 2.60. The molecule has 0 aromatic carbocycles. The molecule has 0 aliphatic rings. The van der Waals surface area contributed by atoms with Crippen LogP contribution in [0.4, 0.5) is 0 Å². The summed E-state index contributed by atoms with van der Waals surface area (Å²) in [5.74, 6) is 0. The van der Waals surface area contributed by atoms with E-state index in [1.807, 2.05) is 0 Å². The lowest BCUT2D eigenvalue weighted by Crippen LogP contribution is -3.00. The summed E-state index contributed by atoms with van der Waals surface area (Å²) in [6.45, 7) is 5.73. The van der Waals surface area contributed by atoms with E-state index in [4.69, 9.17) is 5.11 Å². The maximum Gasteiger partial charge on any atom is 0.102 e. The van der Waals surface area contributed by atoms with Gasteiger partial charge in [0.15, 0.2) is 0 Å². The number of hydrogen-bond donors (Lipinski definition) is 2. The van der Waals surface area contributed by atoms with Crippen molar-refractivity contribution < 1.29 is 27.1 Å². The fourth-order valence-corrected chi connectivity index (χ4v) is 3.72. The van der Waals surface area contributed by atoms with E-state index in [0.717, 1.165) is 30.5 Å². The molecule has 1 unspecified atom stereocenters. The molecule has 0 saturated heterocycles. The summed E-state index contributed by atoms with van der Waals surface area (Å²) in [7, 11) is 2.22. The molecule has 26 heavy (non-hydrogen) atoms. The Balaban J connectivity index is 0. The molecule has 0 radical (unpaired) electrons. The van der Waals surface area contributed by atoms with Gasteiger partial charge in [0.25, 0.3) is 0 Å². The summed E-state index contributed by atoms with van der Waals surface area (Å²) in [6, 6.07) is 0. The third-order valence-electron chi connectivity index (χ3n) is 5.55. The molecule has 2 N–H and O–H groups in total. The van der Waals surface area contributed by atoms with E-state index in [2.05, 4.69) is 14.0 Å². The highest BCUT2D eigenvalue weighted by Gasteiger charge is 2.19. The van der Waals surface area contributed by atoms with Crippen molar-refractivity contribution in [3.63, 3.8) is 0 Å². The van der Waals surface area contributed by atoms with Crippen molar-refractivity contribution in [3.8, 4) is 0 Å². The van der Waals surface area contributed by atoms with Gasteiger partial charge in [-0.2, -0.15) is 0 Å². The smallest absolute Gasteiger partial charge is 0.102 e. The van der Waals surface area contributed by atoms with Crippen molar-refractivity contribution in [1.82, 2.24) is 0 Å². The van der Waals surface area contributed by atoms with Crippen LogP contribution in [0, 0.1) is 0 Å². The average molecular weight is 394 g/mol. The Morgan fingerprint density at radius 2 is 0.885 bits per heavy atom. The molecule has 3 nitrogen and oxygen atoms in total. The Kier molecular flexibility index (Phi) is 23.4. The zero-order valence-corrected chi connectivity index (χ0v) is 18.6. The van der Waals surface area contributed by atoms with Gasteiger partial charge < -0.3 is 27.1 Å². The predicted molar refractivity (Wildman–Crippen MR) is 110 cm³/mol. The van der Waals surface area contributed by atoms with Crippen molar-refractivity contribution in [1.29, 1.82) is 0 Å². The van der Waals surface area contributed by atoms with Gasteiger partial charge in [-0.3, -0.25) is 0 Å². The van der Waals surface area contributed by atoms with Gasteiger partial charge in [0.2, 0.25) is 0 Å². The minimum atomic E-state index is 0. The van der Waals surface area contributed by atoms with Gasteiger partial charge in [-0.25, -0.2) is 0 Å². The zero-order chi connectivity index (χ0) is 18.6. The predicted octanol–water partition coefficient (Wildman–Crippen LogP) is 2.29. The highest BCUT2D eigenvalue weighted by Crippen LogP contribution is 2.14. The van der Waals surface area contributed by atoms with E-state index < -0.39 is 0 Å². The van der Waals surface area contributed by atoms with Gasteiger partial charge in [-0.15, -0.1) is 0 Å². The lowest BCUT2D eigenvalue weighted by atomic mass is 10.0. The molecule has 4 heteroatoms. The third-order valence-corrected chi connectivity index (χ3v) is 5.55. The molecule has 0 aliphatic heterocycles. The summed E-state index contributed by atoms with van der Waals surface area (Å²) < 4.78 is 0.912. The number of quaternary nitrogens is 1. The molecular formula is C22H48ClNO2. The van der Waals surface area contributed by atoms with E-state index in [-0.39, 0.29) is 25.6 Å². The number of aliphatic hydroxyl groups excluding tert-OH is 2. The first kappa shape index (κ1) is 28.4. The van der Waals surface area contributed by atoms with Crippen molar-refractivity contribution in [2.45, 2.75) is 103 Å². The van der Waals surface area contributed by atoms with Crippen LogP contribution in [0.5, 0.6) is 0 Å². The van der Waals surface area contributed by atoms with Crippen molar-refractivity contribution in [2.75, 3.05) is 39.9 Å². The van der Waals surface area contributed by atoms with Gasteiger partial charge in [0.1, 0.15) is 6.54 Å². The molecular weight excluding hydrogens is 346 g/mol. The molecule has 0 aromatic heterocycles. The molecule has 0 fully saturated rings. The summed E-state index contributed by atoms with van der Waals surface area (Å²) >= 11 is 0. The largest absolute Gasteiger partial charge is 1.00 e. The maximum atomic E-state index is 9.24. The quantitative estimate of drug-likeness (QED) is 0.246. The molecule has 0 saturated carbocycles. The molecule has 0 aromatic rings. The highest BCUT2D eigenvalue weighted by atomic mass is 35.5. The Morgan fingerprint density at radius 3 is 1.27 bits per heavy atom. The minimum absolute atomic E-state index is 0. The van der Waals surface area contributed by atoms with Crippen LogP contribution < -0.4 is 12.4 Å². The summed E-state index contributed by atoms with van der Waals surface area (Å²) in [5, 5.41) is 18.3. The number of halogens is 1. The van der Waals surface area contributed by atoms with Crippen molar-refractivity contribution in [2.24, 2.45) is 0 Å². The SMILES string of the molecule is CCCCCCCCCCCCCCCC[N+](C)(CCO)CCCO.[Cl-]. The van der Waals surface area contributed by atoms with Crippen LogP contribution in [-0.2, 0) is 0 Å². The third kappa shape index (κ3) is 18.9. The number of likely N-dealkylation sites (N-methyl/N-ethyl adjacent to an activating group) is 1. The van der Waals surface area contributed by atoms with Crippen molar-refractivity contribution >= 4 is 0 Å². The van der Waals surface area contributed by atoms with E-state index in [0.29, 0.717) is 0 Å². The number of unbranched alkanes of at least 4 members (excludes halogenated alkanes) is 13. The van der Waals surface area contributed by atoms with Crippen molar-refractivity contribution in [3.05, 3.63) is 0 Å². The fourth-order valence-electron chi connectivity index (χ4n) is 3.72. The van der Waals surface area contributed by atoms with Gasteiger partial charge in [0.05, 0.1) is 26.7 Å². The molecule has 0 amide bonds. The van der Waals surface area contributed by atoms with Gasteiger partial charge in [0, 0.05) is 13.0 Å². The summed E-state index contributed by atoms with van der Waals surface area (Å²) in [5.41, 5.74) is 0. The van der Waals surface area contributed by atoms with Crippen LogP contribution in [0.2, 0.25) is 0 Å². The molecule has 0 spiro atoms. The second-order valence-electron chi connectivity index (χ2n) is 8.19. The molecule has 0 rings (SSSR count). The fraction of sp³-hybridized carbons (Fsp3) is 1.00. The second kappa shape index (κ2) is 21.5. The lowest BCUT2D eigenvalue weighted by Gasteiger charge is -2.34. The second-order valence-corrected chi connectivity index (χ2v) is 8.19. The van der Waals surface area contributed by atoms with E-state index in [9.17, 15) is 5.11 Å². The monoisotopic (exact) mass is 393 g/mol. The number of nitrogens with zero attached hydrogens (tertiary/aromatic N) is 1. The zero-order valence-electron chi connectivity index (χ0n) is 17.9.